The van der Waals surface area contributed by atoms with Crippen molar-refractivity contribution < 1.29 is 19.1 Å². The number of hydrogen-bond donors (Lipinski definition) is 0. The maximum atomic E-state index is 12.1. The molecule has 0 saturated carbocycles. The Morgan fingerprint density at radius 3 is 1.65 bits per heavy atom. The Labute approximate surface area is 139 Å². The Balaban J connectivity index is 2.54. The van der Waals surface area contributed by atoms with Gasteiger partial charge in [-0.2, -0.15) is 0 Å². The smallest absolute Gasteiger partial charge is 0.339 e. The highest BCUT2D eigenvalue weighted by molar-refractivity contribution is 6.03. The lowest BCUT2D eigenvalue weighted by atomic mass is 10.1. The normalized spacial score (nSPS) is 10.3. The maximum absolute atomic E-state index is 12.1. The topological polar surface area (TPSA) is 52.6 Å². The van der Waals surface area contributed by atoms with Gasteiger partial charge in [0.2, 0.25) is 0 Å². The zero-order chi connectivity index (χ0) is 16.9. The molecule has 1 aromatic carbocycles. The molecule has 0 unspecified atom stereocenters. The van der Waals surface area contributed by atoms with Crippen molar-refractivity contribution in [3.63, 3.8) is 0 Å². The van der Waals surface area contributed by atoms with Crippen LogP contribution < -0.4 is 0 Å². The summed E-state index contributed by atoms with van der Waals surface area (Å²) in [5.74, 6) is -0.915. The molecule has 128 valence electrons. The van der Waals surface area contributed by atoms with Gasteiger partial charge in [0.15, 0.2) is 0 Å². The first kappa shape index (κ1) is 19.2. The zero-order valence-corrected chi connectivity index (χ0v) is 14.3. The molecular formula is C19H28O4. The van der Waals surface area contributed by atoms with E-state index in [1.807, 2.05) is 0 Å². The van der Waals surface area contributed by atoms with E-state index in [0.717, 1.165) is 44.9 Å². The number of rotatable bonds is 11. The van der Waals surface area contributed by atoms with Crippen LogP contribution in [0, 0.1) is 0 Å². The second-order valence-corrected chi connectivity index (χ2v) is 5.59. The van der Waals surface area contributed by atoms with Crippen LogP contribution in [0.3, 0.4) is 0 Å². The summed E-state index contributed by atoms with van der Waals surface area (Å²) in [6.45, 7) is 4.99. The first-order chi connectivity index (χ1) is 11.2. The minimum absolute atomic E-state index is 0.280. The molecule has 1 aromatic rings. The molecule has 0 aromatic heterocycles. The van der Waals surface area contributed by atoms with Crippen LogP contribution in [0.2, 0.25) is 0 Å². The molecular weight excluding hydrogens is 292 g/mol. The van der Waals surface area contributed by atoms with Crippen LogP contribution in [-0.4, -0.2) is 25.2 Å². The molecule has 0 spiro atoms. The van der Waals surface area contributed by atoms with Crippen molar-refractivity contribution in [1.29, 1.82) is 0 Å². The number of hydrogen-bond acceptors (Lipinski definition) is 4. The second-order valence-electron chi connectivity index (χ2n) is 5.59. The van der Waals surface area contributed by atoms with Crippen molar-refractivity contribution in [3.8, 4) is 0 Å². The Bertz CT molecular complexity index is 482. The second kappa shape index (κ2) is 11.7. The maximum Gasteiger partial charge on any atom is 0.339 e. The quantitative estimate of drug-likeness (QED) is 0.435. The first-order valence-electron chi connectivity index (χ1n) is 8.64. The summed E-state index contributed by atoms with van der Waals surface area (Å²) in [5, 5.41) is 0. The third-order valence-electron chi connectivity index (χ3n) is 3.58. The van der Waals surface area contributed by atoms with Gasteiger partial charge in [0.05, 0.1) is 24.3 Å². The lowest BCUT2D eigenvalue weighted by Crippen LogP contribution is -2.15. The van der Waals surface area contributed by atoms with E-state index >= 15 is 0 Å². The van der Waals surface area contributed by atoms with Crippen LogP contribution >= 0.6 is 0 Å². The standard InChI is InChI=1S/C19H28O4/c1-3-5-7-11-15-23-19(21)17-13-9-8-12-16(17)18(20)22-14-10-6-4-2/h8-9,12-13H,3-7,10-11,14-15H2,1-2H3. The summed E-state index contributed by atoms with van der Waals surface area (Å²) < 4.78 is 10.5. The Kier molecular flexibility index (Phi) is 9.76. The molecule has 1 rings (SSSR count). The molecule has 4 nitrogen and oxygen atoms in total. The number of ether oxygens (including phenoxy) is 2. The fourth-order valence-corrected chi connectivity index (χ4v) is 2.21. The van der Waals surface area contributed by atoms with Gasteiger partial charge in [-0.1, -0.05) is 58.1 Å². The Morgan fingerprint density at radius 1 is 0.739 bits per heavy atom. The van der Waals surface area contributed by atoms with E-state index in [9.17, 15) is 9.59 Å². The van der Waals surface area contributed by atoms with Crippen LogP contribution in [-0.2, 0) is 9.47 Å². The fourth-order valence-electron chi connectivity index (χ4n) is 2.21. The van der Waals surface area contributed by atoms with Crippen LogP contribution in [0.1, 0.15) is 79.5 Å². The molecule has 4 heteroatoms. The highest BCUT2D eigenvalue weighted by atomic mass is 16.5. The highest BCUT2D eigenvalue weighted by Crippen LogP contribution is 2.13. The molecule has 0 radical (unpaired) electrons. The third kappa shape index (κ3) is 7.31. The van der Waals surface area contributed by atoms with Gasteiger partial charge >= 0.3 is 11.9 Å². The lowest BCUT2D eigenvalue weighted by molar-refractivity contribution is 0.0450. The van der Waals surface area contributed by atoms with E-state index in [-0.39, 0.29) is 11.1 Å². The number of carbonyl (C=O) groups excluding carboxylic acids is 2. The van der Waals surface area contributed by atoms with E-state index in [4.69, 9.17) is 9.47 Å². The molecule has 23 heavy (non-hydrogen) atoms. The van der Waals surface area contributed by atoms with Crippen molar-refractivity contribution in [2.45, 2.75) is 58.8 Å². The van der Waals surface area contributed by atoms with Gasteiger partial charge in [-0.15, -0.1) is 0 Å². The van der Waals surface area contributed by atoms with Crippen LogP contribution in [0.25, 0.3) is 0 Å². The summed E-state index contributed by atoms with van der Waals surface area (Å²) in [5.41, 5.74) is 0.561. The third-order valence-corrected chi connectivity index (χ3v) is 3.58. The average molecular weight is 320 g/mol. The molecule has 0 atom stereocenters. The minimum Gasteiger partial charge on any atom is -0.462 e. The molecule has 0 heterocycles. The number of unbranched alkanes of at least 4 members (excludes halogenated alkanes) is 5. The SMILES string of the molecule is CCCCCCOC(=O)c1ccccc1C(=O)OCCCCC. The molecule has 0 bridgehead atoms. The van der Waals surface area contributed by atoms with E-state index in [1.165, 1.54) is 0 Å². The van der Waals surface area contributed by atoms with E-state index in [2.05, 4.69) is 13.8 Å². The van der Waals surface area contributed by atoms with Gasteiger partial charge in [0, 0.05) is 0 Å². The zero-order valence-electron chi connectivity index (χ0n) is 14.3. The average Bonchev–Trinajstić information content (AvgIpc) is 2.58. The van der Waals surface area contributed by atoms with E-state index in [1.54, 1.807) is 24.3 Å². The Morgan fingerprint density at radius 2 is 1.17 bits per heavy atom. The predicted molar refractivity (Wildman–Crippen MR) is 90.7 cm³/mol. The molecule has 0 aliphatic rings. The Hall–Kier alpha value is -1.84. The summed E-state index contributed by atoms with van der Waals surface area (Å²) in [6.07, 6.45) is 7.10. The van der Waals surface area contributed by atoms with Crippen LogP contribution in [0.4, 0.5) is 0 Å². The molecule has 0 amide bonds. The van der Waals surface area contributed by atoms with E-state index in [0.29, 0.717) is 13.2 Å². The van der Waals surface area contributed by atoms with Crippen molar-refractivity contribution in [2.75, 3.05) is 13.2 Å². The summed E-state index contributed by atoms with van der Waals surface area (Å²) in [6, 6.07) is 6.66. The van der Waals surface area contributed by atoms with Gasteiger partial charge in [-0.25, -0.2) is 9.59 Å². The first-order valence-corrected chi connectivity index (χ1v) is 8.64. The number of benzene rings is 1. The van der Waals surface area contributed by atoms with Gasteiger partial charge in [-0.05, 0) is 25.0 Å². The summed E-state index contributed by atoms with van der Waals surface area (Å²) in [7, 11) is 0. The monoisotopic (exact) mass is 320 g/mol. The fraction of sp³-hybridized carbons (Fsp3) is 0.579. The molecule has 0 aliphatic carbocycles. The molecule has 0 fully saturated rings. The van der Waals surface area contributed by atoms with Crippen molar-refractivity contribution >= 4 is 11.9 Å². The van der Waals surface area contributed by atoms with Gasteiger partial charge in [0.1, 0.15) is 0 Å². The van der Waals surface area contributed by atoms with Crippen molar-refractivity contribution in [1.82, 2.24) is 0 Å². The van der Waals surface area contributed by atoms with Gasteiger partial charge in [-0.3, -0.25) is 0 Å². The molecule has 0 N–H and O–H groups in total. The van der Waals surface area contributed by atoms with Crippen molar-refractivity contribution in [2.24, 2.45) is 0 Å². The number of carbonyl (C=O) groups is 2. The summed E-state index contributed by atoms with van der Waals surface area (Å²) >= 11 is 0. The molecule has 0 saturated heterocycles. The highest BCUT2D eigenvalue weighted by Gasteiger charge is 2.18. The van der Waals surface area contributed by atoms with Crippen LogP contribution in [0.15, 0.2) is 24.3 Å². The van der Waals surface area contributed by atoms with Crippen molar-refractivity contribution in [3.05, 3.63) is 35.4 Å². The van der Waals surface area contributed by atoms with Gasteiger partial charge in [0.25, 0.3) is 0 Å². The minimum atomic E-state index is -0.459. The van der Waals surface area contributed by atoms with E-state index < -0.39 is 11.9 Å². The molecule has 0 aliphatic heterocycles. The largest absolute Gasteiger partial charge is 0.462 e. The lowest BCUT2D eigenvalue weighted by Gasteiger charge is -2.09. The summed E-state index contributed by atoms with van der Waals surface area (Å²) in [4.78, 5) is 24.3. The van der Waals surface area contributed by atoms with Gasteiger partial charge < -0.3 is 9.47 Å². The number of esters is 2. The predicted octanol–water partition coefficient (Wildman–Crippen LogP) is 4.77. The van der Waals surface area contributed by atoms with Crippen LogP contribution in [0.5, 0.6) is 0 Å².